The van der Waals surface area contributed by atoms with Gasteiger partial charge in [-0.05, 0) is 62.3 Å². The van der Waals surface area contributed by atoms with Gasteiger partial charge in [0.1, 0.15) is 0 Å². The van der Waals surface area contributed by atoms with E-state index < -0.39 is 0 Å². The summed E-state index contributed by atoms with van der Waals surface area (Å²) in [7, 11) is 0. The normalized spacial score (nSPS) is 21.9. The first-order chi connectivity index (χ1) is 9.66. The summed E-state index contributed by atoms with van der Waals surface area (Å²) >= 11 is 0. The van der Waals surface area contributed by atoms with Gasteiger partial charge in [-0.3, -0.25) is 0 Å². The van der Waals surface area contributed by atoms with Crippen LogP contribution in [0, 0.1) is 5.92 Å². The Hall–Kier alpha value is -1.55. The highest BCUT2D eigenvalue weighted by Gasteiger charge is 2.22. The lowest BCUT2D eigenvalue weighted by atomic mass is 9.97. The minimum absolute atomic E-state index is 0.275. The average molecular weight is 276 g/mol. The van der Waals surface area contributed by atoms with Crippen molar-refractivity contribution in [2.24, 2.45) is 11.7 Å². The van der Waals surface area contributed by atoms with Crippen LogP contribution in [0.4, 0.5) is 5.69 Å². The highest BCUT2D eigenvalue weighted by atomic mass is 16.5. The van der Waals surface area contributed by atoms with E-state index >= 15 is 0 Å². The van der Waals surface area contributed by atoms with E-state index in [2.05, 4.69) is 0 Å². The number of anilines is 1. The molecule has 0 spiro atoms. The molecular weight excluding hydrogens is 252 g/mol. The number of nitrogens with two attached hydrogens (primary N) is 2. The smallest absolute Gasteiger partial charge is 0.338 e. The molecule has 1 aromatic carbocycles. The number of nitrogen functional groups attached to an aromatic ring is 1. The van der Waals surface area contributed by atoms with Crippen molar-refractivity contribution in [2.75, 3.05) is 12.3 Å². The fraction of sp³-hybridized carbons (Fsp3) is 0.562. The number of carbonyl (C=O) groups excluding carboxylic acids is 1. The second kappa shape index (κ2) is 7.29. The topological polar surface area (TPSA) is 78.3 Å². The Morgan fingerprint density at radius 1 is 1.20 bits per heavy atom. The summed E-state index contributed by atoms with van der Waals surface area (Å²) in [4.78, 5) is 11.7. The Morgan fingerprint density at radius 3 is 2.60 bits per heavy atom. The van der Waals surface area contributed by atoms with Crippen LogP contribution in [0.3, 0.4) is 0 Å². The van der Waals surface area contributed by atoms with Gasteiger partial charge >= 0.3 is 5.97 Å². The maximum absolute atomic E-state index is 11.7. The lowest BCUT2D eigenvalue weighted by Gasteiger charge is -2.14. The molecule has 0 amide bonds. The first-order valence-electron chi connectivity index (χ1n) is 7.45. The lowest BCUT2D eigenvalue weighted by molar-refractivity contribution is 0.0496. The molecule has 0 radical (unpaired) electrons. The number of benzene rings is 1. The van der Waals surface area contributed by atoms with Gasteiger partial charge in [0, 0.05) is 11.7 Å². The molecule has 4 N–H and O–H groups in total. The van der Waals surface area contributed by atoms with Crippen LogP contribution in [0.25, 0.3) is 0 Å². The standard InChI is InChI=1S/C16H24N2O2/c17-14-9-7-13(8-10-14)16(19)20-11-2-1-4-12-5-3-6-15(12)18/h7-10,12,15H,1-6,11,17-18H2/t12-,15+/m1/s1. The molecule has 110 valence electrons. The number of ether oxygens (including phenoxy) is 1. The summed E-state index contributed by atoms with van der Waals surface area (Å²) in [5.41, 5.74) is 12.8. The van der Waals surface area contributed by atoms with E-state index in [4.69, 9.17) is 16.2 Å². The number of rotatable bonds is 6. The first-order valence-corrected chi connectivity index (χ1v) is 7.45. The van der Waals surface area contributed by atoms with Crippen LogP contribution in [0.1, 0.15) is 48.9 Å². The maximum Gasteiger partial charge on any atom is 0.338 e. The Bertz CT molecular complexity index is 431. The Morgan fingerprint density at radius 2 is 1.95 bits per heavy atom. The third-order valence-electron chi connectivity index (χ3n) is 4.07. The molecule has 1 fully saturated rings. The van der Waals surface area contributed by atoms with Gasteiger partial charge in [-0.15, -0.1) is 0 Å². The molecule has 1 aromatic rings. The van der Waals surface area contributed by atoms with E-state index in [9.17, 15) is 4.79 Å². The monoisotopic (exact) mass is 276 g/mol. The summed E-state index contributed by atoms with van der Waals surface area (Å²) in [6.45, 7) is 0.477. The van der Waals surface area contributed by atoms with Crippen LogP contribution in [0.15, 0.2) is 24.3 Å². The molecule has 20 heavy (non-hydrogen) atoms. The van der Waals surface area contributed by atoms with E-state index in [1.807, 2.05) is 0 Å². The molecule has 0 aromatic heterocycles. The van der Waals surface area contributed by atoms with E-state index in [0.717, 1.165) is 25.7 Å². The second-order valence-corrected chi connectivity index (χ2v) is 5.61. The van der Waals surface area contributed by atoms with E-state index in [1.165, 1.54) is 12.8 Å². The molecule has 0 saturated heterocycles. The lowest BCUT2D eigenvalue weighted by Crippen LogP contribution is -2.24. The van der Waals surface area contributed by atoms with E-state index in [-0.39, 0.29) is 5.97 Å². The zero-order chi connectivity index (χ0) is 14.4. The van der Waals surface area contributed by atoms with Crippen molar-refractivity contribution in [3.8, 4) is 0 Å². The predicted octanol–water partition coefficient (Wildman–Crippen LogP) is 2.72. The number of unbranched alkanes of at least 4 members (excludes halogenated alkanes) is 1. The van der Waals surface area contributed by atoms with Crippen molar-refractivity contribution >= 4 is 11.7 Å². The highest BCUT2D eigenvalue weighted by molar-refractivity contribution is 5.89. The molecule has 2 rings (SSSR count). The highest BCUT2D eigenvalue weighted by Crippen LogP contribution is 2.28. The van der Waals surface area contributed by atoms with Gasteiger partial charge in [-0.2, -0.15) is 0 Å². The van der Waals surface area contributed by atoms with Crippen molar-refractivity contribution in [3.05, 3.63) is 29.8 Å². The molecule has 0 bridgehead atoms. The Labute approximate surface area is 120 Å². The summed E-state index contributed by atoms with van der Waals surface area (Å²) in [5.74, 6) is 0.394. The molecule has 4 nitrogen and oxygen atoms in total. The van der Waals surface area contributed by atoms with Crippen LogP contribution in [0.2, 0.25) is 0 Å². The largest absolute Gasteiger partial charge is 0.462 e. The van der Waals surface area contributed by atoms with Crippen LogP contribution in [-0.2, 0) is 4.74 Å². The van der Waals surface area contributed by atoms with Crippen LogP contribution in [-0.4, -0.2) is 18.6 Å². The zero-order valence-electron chi connectivity index (χ0n) is 11.9. The van der Waals surface area contributed by atoms with E-state index in [0.29, 0.717) is 29.8 Å². The average Bonchev–Trinajstić information content (AvgIpc) is 2.84. The molecule has 0 aliphatic heterocycles. The molecule has 0 heterocycles. The third kappa shape index (κ3) is 4.23. The first kappa shape index (κ1) is 14.9. The van der Waals surface area contributed by atoms with Gasteiger partial charge in [0.15, 0.2) is 0 Å². The number of carbonyl (C=O) groups is 1. The van der Waals surface area contributed by atoms with Gasteiger partial charge in [-0.25, -0.2) is 4.79 Å². The predicted molar refractivity (Wildman–Crippen MR) is 80.3 cm³/mol. The molecular formula is C16H24N2O2. The van der Waals surface area contributed by atoms with Gasteiger partial charge in [-0.1, -0.05) is 6.42 Å². The van der Waals surface area contributed by atoms with Gasteiger partial charge < -0.3 is 16.2 Å². The zero-order valence-corrected chi connectivity index (χ0v) is 11.9. The summed E-state index contributed by atoms with van der Waals surface area (Å²) in [6.07, 6.45) is 6.82. The SMILES string of the molecule is Nc1ccc(C(=O)OCCCC[C@@H]2CCC[C@@H]2N)cc1. The van der Waals surface area contributed by atoms with Crippen molar-refractivity contribution in [2.45, 2.75) is 44.6 Å². The quantitative estimate of drug-likeness (QED) is 0.476. The fourth-order valence-corrected chi connectivity index (χ4v) is 2.80. The van der Waals surface area contributed by atoms with Gasteiger partial charge in [0.2, 0.25) is 0 Å². The molecule has 0 unspecified atom stereocenters. The van der Waals surface area contributed by atoms with E-state index in [1.54, 1.807) is 24.3 Å². The summed E-state index contributed by atoms with van der Waals surface area (Å²) in [6, 6.07) is 7.17. The number of esters is 1. The van der Waals surface area contributed by atoms with Crippen molar-refractivity contribution in [3.63, 3.8) is 0 Å². The van der Waals surface area contributed by atoms with Gasteiger partial charge in [0.05, 0.1) is 12.2 Å². The Balaban J connectivity index is 1.61. The van der Waals surface area contributed by atoms with Crippen molar-refractivity contribution in [1.82, 2.24) is 0 Å². The molecule has 2 atom stereocenters. The minimum Gasteiger partial charge on any atom is -0.462 e. The molecule has 1 aliphatic rings. The fourth-order valence-electron chi connectivity index (χ4n) is 2.80. The number of hydrogen-bond acceptors (Lipinski definition) is 4. The Kier molecular flexibility index (Phi) is 5.41. The van der Waals surface area contributed by atoms with Crippen LogP contribution < -0.4 is 11.5 Å². The number of hydrogen-bond donors (Lipinski definition) is 2. The van der Waals surface area contributed by atoms with Crippen LogP contribution in [0.5, 0.6) is 0 Å². The van der Waals surface area contributed by atoms with Crippen LogP contribution >= 0.6 is 0 Å². The van der Waals surface area contributed by atoms with Gasteiger partial charge in [0.25, 0.3) is 0 Å². The van der Waals surface area contributed by atoms with Crippen molar-refractivity contribution < 1.29 is 9.53 Å². The summed E-state index contributed by atoms with van der Waals surface area (Å²) < 4.78 is 5.25. The molecule has 1 saturated carbocycles. The van der Waals surface area contributed by atoms with Crippen molar-refractivity contribution in [1.29, 1.82) is 0 Å². The second-order valence-electron chi connectivity index (χ2n) is 5.61. The molecule has 1 aliphatic carbocycles. The molecule has 4 heteroatoms. The maximum atomic E-state index is 11.7. The third-order valence-corrected chi connectivity index (χ3v) is 4.07. The minimum atomic E-state index is -0.275. The summed E-state index contributed by atoms with van der Waals surface area (Å²) in [5, 5.41) is 0.